The summed E-state index contributed by atoms with van der Waals surface area (Å²) in [6.07, 6.45) is 12.9. The third-order valence-corrected chi connectivity index (χ3v) is 5.54. The highest BCUT2D eigenvalue weighted by Crippen LogP contribution is 2.41. The Labute approximate surface area is 113 Å². The van der Waals surface area contributed by atoms with E-state index in [4.69, 9.17) is 0 Å². The van der Waals surface area contributed by atoms with Crippen LogP contribution in [0.4, 0.5) is 0 Å². The first-order chi connectivity index (χ1) is 8.84. The van der Waals surface area contributed by atoms with E-state index in [-0.39, 0.29) is 0 Å². The first-order valence-electron chi connectivity index (χ1n) is 8.32. The molecule has 3 aliphatic rings. The second kappa shape index (κ2) is 5.50. The summed E-state index contributed by atoms with van der Waals surface area (Å²) in [5.41, 5.74) is 0.555. The zero-order valence-electron chi connectivity index (χ0n) is 12.1. The summed E-state index contributed by atoms with van der Waals surface area (Å²) in [7, 11) is 0. The predicted octanol–water partition coefficient (Wildman–Crippen LogP) is 3.17. The summed E-state index contributed by atoms with van der Waals surface area (Å²) < 4.78 is 0. The number of unbranched alkanes of at least 4 members (excludes halogenated alkanes) is 2. The van der Waals surface area contributed by atoms with Crippen molar-refractivity contribution in [2.45, 2.75) is 76.3 Å². The molecule has 2 aliphatic carbocycles. The standard InChI is InChI=1S/C16H30N2/c1-2-3-6-11-18-12-15(14-7-8-14)17-13-16(18)9-4-5-10-16/h14-15,17H,2-13H2,1H3. The van der Waals surface area contributed by atoms with Crippen LogP contribution in [0.3, 0.4) is 0 Å². The lowest BCUT2D eigenvalue weighted by atomic mass is 9.89. The molecular weight excluding hydrogens is 220 g/mol. The predicted molar refractivity (Wildman–Crippen MR) is 76.8 cm³/mol. The fourth-order valence-corrected chi connectivity index (χ4v) is 4.15. The maximum atomic E-state index is 3.89. The zero-order valence-corrected chi connectivity index (χ0v) is 12.1. The van der Waals surface area contributed by atoms with Gasteiger partial charge in [0.15, 0.2) is 0 Å². The summed E-state index contributed by atoms with van der Waals surface area (Å²) in [6, 6.07) is 0.817. The summed E-state index contributed by atoms with van der Waals surface area (Å²) in [4.78, 5) is 2.90. The lowest BCUT2D eigenvalue weighted by Crippen LogP contribution is -2.64. The molecule has 2 saturated carbocycles. The van der Waals surface area contributed by atoms with Crippen molar-refractivity contribution in [3.63, 3.8) is 0 Å². The lowest BCUT2D eigenvalue weighted by Gasteiger charge is -2.48. The minimum Gasteiger partial charge on any atom is -0.311 e. The molecule has 18 heavy (non-hydrogen) atoms. The Morgan fingerprint density at radius 1 is 1.17 bits per heavy atom. The Kier molecular flexibility index (Phi) is 3.95. The largest absolute Gasteiger partial charge is 0.311 e. The fourth-order valence-electron chi connectivity index (χ4n) is 4.15. The number of nitrogens with one attached hydrogen (secondary N) is 1. The van der Waals surface area contributed by atoms with Crippen molar-refractivity contribution in [3.05, 3.63) is 0 Å². The van der Waals surface area contributed by atoms with Crippen LogP contribution < -0.4 is 5.32 Å². The van der Waals surface area contributed by atoms with Gasteiger partial charge in [0, 0.05) is 24.7 Å². The second-order valence-corrected chi connectivity index (χ2v) is 6.91. The Balaban J connectivity index is 1.61. The molecule has 0 radical (unpaired) electrons. The van der Waals surface area contributed by atoms with Gasteiger partial charge in [-0.3, -0.25) is 4.90 Å². The van der Waals surface area contributed by atoms with Gasteiger partial charge in [-0.2, -0.15) is 0 Å². The van der Waals surface area contributed by atoms with E-state index >= 15 is 0 Å². The van der Waals surface area contributed by atoms with Crippen molar-refractivity contribution in [3.8, 4) is 0 Å². The molecule has 0 aromatic heterocycles. The van der Waals surface area contributed by atoms with Crippen molar-refractivity contribution in [2.24, 2.45) is 5.92 Å². The molecule has 0 aromatic rings. The molecule has 3 rings (SSSR count). The SMILES string of the molecule is CCCCCN1CC(C2CC2)NCC12CCCC2. The van der Waals surface area contributed by atoms with Gasteiger partial charge in [-0.25, -0.2) is 0 Å². The Morgan fingerprint density at radius 2 is 1.94 bits per heavy atom. The normalized spacial score (nSPS) is 32.2. The van der Waals surface area contributed by atoms with Crippen LogP contribution in [-0.4, -0.2) is 36.1 Å². The Bertz CT molecular complexity index is 266. The van der Waals surface area contributed by atoms with Gasteiger partial charge in [0.2, 0.25) is 0 Å². The first kappa shape index (κ1) is 12.9. The van der Waals surface area contributed by atoms with Crippen LogP contribution in [0, 0.1) is 5.92 Å². The highest BCUT2D eigenvalue weighted by molar-refractivity contribution is 5.04. The summed E-state index contributed by atoms with van der Waals surface area (Å²) >= 11 is 0. The Hall–Kier alpha value is -0.0800. The molecule has 1 aliphatic heterocycles. The summed E-state index contributed by atoms with van der Waals surface area (Å²) in [5.74, 6) is 1.01. The molecule has 2 nitrogen and oxygen atoms in total. The number of hydrogen-bond acceptors (Lipinski definition) is 2. The van der Waals surface area contributed by atoms with Crippen molar-refractivity contribution < 1.29 is 0 Å². The molecule has 0 bridgehead atoms. The average molecular weight is 250 g/mol. The van der Waals surface area contributed by atoms with Gasteiger partial charge in [0.05, 0.1) is 0 Å². The minimum absolute atomic E-state index is 0.555. The van der Waals surface area contributed by atoms with Crippen molar-refractivity contribution in [1.82, 2.24) is 10.2 Å². The van der Waals surface area contributed by atoms with Crippen LogP contribution in [0.5, 0.6) is 0 Å². The molecule has 104 valence electrons. The highest BCUT2D eigenvalue weighted by Gasteiger charge is 2.45. The van der Waals surface area contributed by atoms with E-state index in [2.05, 4.69) is 17.1 Å². The van der Waals surface area contributed by atoms with Crippen molar-refractivity contribution >= 4 is 0 Å². The summed E-state index contributed by atoms with van der Waals surface area (Å²) in [5, 5.41) is 3.89. The molecule has 2 heteroatoms. The van der Waals surface area contributed by atoms with Gasteiger partial charge in [0.1, 0.15) is 0 Å². The van der Waals surface area contributed by atoms with Crippen LogP contribution in [0.2, 0.25) is 0 Å². The van der Waals surface area contributed by atoms with Gasteiger partial charge in [-0.1, -0.05) is 32.6 Å². The smallest absolute Gasteiger partial charge is 0.0334 e. The molecule has 1 unspecified atom stereocenters. The highest BCUT2D eigenvalue weighted by atomic mass is 15.3. The third-order valence-electron chi connectivity index (χ3n) is 5.54. The molecule has 1 saturated heterocycles. The quantitative estimate of drug-likeness (QED) is 0.754. The van der Waals surface area contributed by atoms with E-state index in [1.807, 2.05) is 0 Å². The monoisotopic (exact) mass is 250 g/mol. The van der Waals surface area contributed by atoms with Gasteiger partial charge < -0.3 is 5.32 Å². The van der Waals surface area contributed by atoms with E-state index in [1.165, 1.54) is 77.4 Å². The zero-order chi connectivity index (χ0) is 12.4. The van der Waals surface area contributed by atoms with E-state index < -0.39 is 0 Å². The molecule has 0 amide bonds. The summed E-state index contributed by atoms with van der Waals surface area (Å²) in [6.45, 7) is 6.30. The van der Waals surface area contributed by atoms with Gasteiger partial charge in [-0.05, 0) is 44.6 Å². The third kappa shape index (κ3) is 2.60. The van der Waals surface area contributed by atoms with Gasteiger partial charge in [0.25, 0.3) is 0 Å². The number of hydrogen-bond donors (Lipinski definition) is 1. The van der Waals surface area contributed by atoms with E-state index in [0.717, 1.165) is 12.0 Å². The van der Waals surface area contributed by atoms with Crippen LogP contribution in [-0.2, 0) is 0 Å². The van der Waals surface area contributed by atoms with Crippen LogP contribution in [0.1, 0.15) is 64.7 Å². The van der Waals surface area contributed by atoms with Crippen molar-refractivity contribution in [2.75, 3.05) is 19.6 Å². The molecular formula is C16H30N2. The maximum absolute atomic E-state index is 3.89. The van der Waals surface area contributed by atoms with Crippen molar-refractivity contribution in [1.29, 1.82) is 0 Å². The number of rotatable bonds is 5. The average Bonchev–Trinajstić information content (AvgIpc) is 3.13. The van der Waals surface area contributed by atoms with Gasteiger partial charge >= 0.3 is 0 Å². The van der Waals surface area contributed by atoms with E-state index in [0.29, 0.717) is 5.54 Å². The topological polar surface area (TPSA) is 15.3 Å². The molecule has 1 heterocycles. The molecule has 3 fully saturated rings. The molecule has 1 spiro atoms. The molecule has 1 atom stereocenters. The lowest BCUT2D eigenvalue weighted by molar-refractivity contribution is 0.0369. The van der Waals surface area contributed by atoms with E-state index in [1.54, 1.807) is 0 Å². The number of piperazine rings is 1. The first-order valence-corrected chi connectivity index (χ1v) is 8.32. The van der Waals surface area contributed by atoms with E-state index in [9.17, 15) is 0 Å². The van der Waals surface area contributed by atoms with Crippen LogP contribution in [0.15, 0.2) is 0 Å². The maximum Gasteiger partial charge on any atom is 0.0334 e. The van der Waals surface area contributed by atoms with Crippen LogP contribution in [0.25, 0.3) is 0 Å². The second-order valence-electron chi connectivity index (χ2n) is 6.91. The minimum atomic E-state index is 0.555. The molecule has 0 aromatic carbocycles. The van der Waals surface area contributed by atoms with Gasteiger partial charge in [-0.15, -0.1) is 0 Å². The fraction of sp³-hybridized carbons (Fsp3) is 1.00. The number of nitrogens with zero attached hydrogens (tertiary/aromatic N) is 1. The Morgan fingerprint density at radius 3 is 2.61 bits per heavy atom. The van der Waals surface area contributed by atoms with Crippen LogP contribution >= 0.6 is 0 Å². The molecule has 1 N–H and O–H groups in total.